The van der Waals surface area contributed by atoms with Crippen molar-refractivity contribution in [3.05, 3.63) is 105 Å². The van der Waals surface area contributed by atoms with Gasteiger partial charge in [-0.05, 0) is 55.7 Å². The van der Waals surface area contributed by atoms with Gasteiger partial charge >= 0.3 is 0 Å². The minimum absolute atomic E-state index is 0.140. The van der Waals surface area contributed by atoms with Gasteiger partial charge in [0, 0.05) is 41.8 Å². The number of carbonyl (C=O) groups is 1. The maximum absolute atomic E-state index is 12.3. The highest BCUT2D eigenvalue weighted by Gasteiger charge is 2.21. The van der Waals surface area contributed by atoms with Crippen molar-refractivity contribution < 1.29 is 15.1 Å². The Labute approximate surface area is 192 Å². The normalized spacial score (nSPS) is 13.4. The molecule has 0 bridgehead atoms. The average molecular weight is 448 g/mol. The summed E-state index contributed by atoms with van der Waals surface area (Å²) in [5.74, 6) is -0.393. The number of H-pyrrole nitrogens is 1. The molecule has 33 heavy (non-hydrogen) atoms. The second-order valence-corrected chi connectivity index (χ2v) is 8.24. The standard InChI is InChI=1S/C26H29N3O4/c1-16-6-4-5-7-22(16)23(13-24(29-33)21-12-17(2)25(31)28-15-21)19-8-10-20(11-9-19)26(32)27-14-18(3)30/h4-12,15,18,23,30,33H,13-14H2,1-3H3,(H,27,32)(H,28,31)/b29-24+/t18-,23?/m0/s1. The largest absolute Gasteiger partial charge is 0.411 e. The van der Waals surface area contributed by atoms with Gasteiger partial charge in [0.25, 0.3) is 11.5 Å². The van der Waals surface area contributed by atoms with Crippen molar-refractivity contribution >= 4 is 11.6 Å². The van der Waals surface area contributed by atoms with E-state index in [0.717, 1.165) is 16.7 Å². The molecule has 1 unspecified atom stereocenters. The summed E-state index contributed by atoms with van der Waals surface area (Å²) >= 11 is 0. The molecular formula is C26H29N3O4. The Bertz CT molecular complexity index is 1200. The predicted octanol–water partition coefficient (Wildman–Crippen LogP) is 3.50. The Balaban J connectivity index is 1.95. The van der Waals surface area contributed by atoms with Gasteiger partial charge in [0.15, 0.2) is 0 Å². The molecular weight excluding hydrogens is 418 g/mol. The van der Waals surface area contributed by atoms with Crippen LogP contribution in [0.3, 0.4) is 0 Å². The third kappa shape index (κ3) is 5.96. The lowest BCUT2D eigenvalue weighted by Gasteiger charge is -2.21. The summed E-state index contributed by atoms with van der Waals surface area (Å²) in [4.78, 5) is 26.8. The molecule has 0 aliphatic heterocycles. The molecule has 0 fully saturated rings. The molecule has 0 spiro atoms. The number of pyridine rings is 1. The molecule has 4 N–H and O–H groups in total. The smallest absolute Gasteiger partial charge is 0.251 e. The molecule has 3 aromatic rings. The van der Waals surface area contributed by atoms with Crippen molar-refractivity contribution in [1.82, 2.24) is 10.3 Å². The average Bonchev–Trinajstić information content (AvgIpc) is 2.81. The Morgan fingerprint density at radius 2 is 1.76 bits per heavy atom. The van der Waals surface area contributed by atoms with Crippen LogP contribution in [0.1, 0.15) is 57.4 Å². The van der Waals surface area contributed by atoms with Crippen molar-refractivity contribution in [2.24, 2.45) is 5.16 Å². The maximum atomic E-state index is 12.3. The highest BCUT2D eigenvalue weighted by atomic mass is 16.4. The molecule has 3 rings (SSSR count). The second-order valence-electron chi connectivity index (χ2n) is 8.24. The second kappa shape index (κ2) is 10.7. The summed E-state index contributed by atoms with van der Waals surface area (Å²) in [6, 6.07) is 17.0. The summed E-state index contributed by atoms with van der Waals surface area (Å²) in [7, 11) is 0. The number of aryl methyl sites for hydroxylation is 2. The number of aliphatic hydroxyl groups is 1. The molecule has 172 valence electrons. The number of hydrogen-bond acceptors (Lipinski definition) is 5. The van der Waals surface area contributed by atoms with Crippen molar-refractivity contribution in [3.8, 4) is 0 Å². The number of aliphatic hydroxyl groups excluding tert-OH is 1. The first-order valence-electron chi connectivity index (χ1n) is 10.8. The minimum atomic E-state index is -0.619. The molecule has 2 aromatic carbocycles. The van der Waals surface area contributed by atoms with Gasteiger partial charge in [0.05, 0.1) is 11.8 Å². The van der Waals surface area contributed by atoms with E-state index in [4.69, 9.17) is 0 Å². The van der Waals surface area contributed by atoms with Gasteiger partial charge in [-0.25, -0.2) is 0 Å². The van der Waals surface area contributed by atoms with Gasteiger partial charge in [0.2, 0.25) is 0 Å². The van der Waals surface area contributed by atoms with Crippen LogP contribution in [-0.4, -0.2) is 39.6 Å². The van der Waals surface area contributed by atoms with Crippen LogP contribution < -0.4 is 10.9 Å². The predicted molar refractivity (Wildman–Crippen MR) is 128 cm³/mol. The molecule has 0 aliphatic rings. The Kier molecular flexibility index (Phi) is 7.79. The van der Waals surface area contributed by atoms with Crippen LogP contribution in [0.4, 0.5) is 0 Å². The summed E-state index contributed by atoms with van der Waals surface area (Å²) in [5, 5.41) is 25.4. The van der Waals surface area contributed by atoms with E-state index in [1.807, 2.05) is 43.3 Å². The zero-order valence-electron chi connectivity index (χ0n) is 19.0. The maximum Gasteiger partial charge on any atom is 0.251 e. The Morgan fingerprint density at radius 1 is 1.06 bits per heavy atom. The van der Waals surface area contributed by atoms with Crippen LogP contribution in [0.5, 0.6) is 0 Å². The SMILES string of the molecule is Cc1ccccc1C(C/C(=N\O)c1c[nH]c(=O)c(C)c1)c1ccc(C(=O)NC[C@H](C)O)cc1. The monoisotopic (exact) mass is 447 g/mol. The number of benzene rings is 2. The molecule has 1 heterocycles. The molecule has 1 amide bonds. The van der Waals surface area contributed by atoms with Gasteiger partial charge in [-0.1, -0.05) is 41.6 Å². The summed E-state index contributed by atoms with van der Waals surface area (Å²) in [6.45, 7) is 5.53. The minimum Gasteiger partial charge on any atom is -0.411 e. The van der Waals surface area contributed by atoms with Gasteiger partial charge in [0.1, 0.15) is 0 Å². The third-order valence-corrected chi connectivity index (χ3v) is 5.64. The van der Waals surface area contributed by atoms with E-state index in [9.17, 15) is 19.9 Å². The number of nitrogens with zero attached hydrogens (tertiary/aromatic N) is 1. The summed E-state index contributed by atoms with van der Waals surface area (Å²) in [6.07, 6.45) is 1.32. The molecule has 7 nitrogen and oxygen atoms in total. The van der Waals surface area contributed by atoms with Crippen LogP contribution in [0.15, 0.2) is 70.7 Å². The van der Waals surface area contributed by atoms with Gasteiger partial charge in [-0.2, -0.15) is 0 Å². The first-order valence-corrected chi connectivity index (χ1v) is 10.8. The van der Waals surface area contributed by atoms with E-state index in [2.05, 4.69) is 15.5 Å². The molecule has 0 aliphatic carbocycles. The number of carbonyl (C=O) groups excluding carboxylic acids is 1. The van der Waals surface area contributed by atoms with E-state index < -0.39 is 6.10 Å². The first-order chi connectivity index (χ1) is 15.8. The molecule has 0 saturated heterocycles. The zero-order chi connectivity index (χ0) is 24.0. The number of aromatic nitrogens is 1. The Morgan fingerprint density at radius 3 is 2.36 bits per heavy atom. The number of aromatic amines is 1. The lowest BCUT2D eigenvalue weighted by Crippen LogP contribution is -2.30. The summed E-state index contributed by atoms with van der Waals surface area (Å²) < 4.78 is 0. The van der Waals surface area contributed by atoms with Crippen molar-refractivity contribution in [1.29, 1.82) is 0 Å². The van der Waals surface area contributed by atoms with Crippen LogP contribution in [-0.2, 0) is 0 Å². The van der Waals surface area contributed by atoms with Gasteiger partial charge in [-0.15, -0.1) is 0 Å². The highest BCUT2D eigenvalue weighted by Crippen LogP contribution is 2.32. The highest BCUT2D eigenvalue weighted by molar-refractivity contribution is 6.00. The van der Waals surface area contributed by atoms with E-state index in [1.54, 1.807) is 38.2 Å². The van der Waals surface area contributed by atoms with E-state index >= 15 is 0 Å². The molecule has 7 heteroatoms. The number of rotatable bonds is 8. The fourth-order valence-corrected chi connectivity index (χ4v) is 3.77. The first kappa shape index (κ1) is 23.9. The lowest BCUT2D eigenvalue weighted by molar-refractivity contribution is 0.0924. The number of nitrogens with one attached hydrogen (secondary N) is 2. The molecule has 0 saturated carbocycles. The number of oxime groups is 1. The van der Waals surface area contributed by atoms with E-state index in [1.165, 1.54) is 0 Å². The van der Waals surface area contributed by atoms with Crippen LogP contribution in [0.2, 0.25) is 0 Å². The number of hydrogen-bond donors (Lipinski definition) is 4. The molecule has 2 atom stereocenters. The fourth-order valence-electron chi connectivity index (χ4n) is 3.77. The quantitative estimate of drug-likeness (QED) is 0.240. The zero-order valence-corrected chi connectivity index (χ0v) is 19.0. The van der Waals surface area contributed by atoms with Crippen LogP contribution >= 0.6 is 0 Å². The summed E-state index contributed by atoms with van der Waals surface area (Å²) in [5.41, 5.74) is 5.06. The van der Waals surface area contributed by atoms with Crippen molar-refractivity contribution in [3.63, 3.8) is 0 Å². The fraction of sp³-hybridized carbons (Fsp3) is 0.269. The lowest BCUT2D eigenvalue weighted by atomic mass is 9.83. The van der Waals surface area contributed by atoms with E-state index in [0.29, 0.717) is 28.8 Å². The number of amides is 1. The van der Waals surface area contributed by atoms with Gasteiger partial charge < -0.3 is 20.6 Å². The third-order valence-electron chi connectivity index (χ3n) is 5.64. The Hall–Kier alpha value is -3.71. The topological polar surface area (TPSA) is 115 Å². The van der Waals surface area contributed by atoms with Crippen LogP contribution in [0, 0.1) is 13.8 Å². The van der Waals surface area contributed by atoms with Crippen molar-refractivity contribution in [2.45, 2.75) is 39.2 Å². The van der Waals surface area contributed by atoms with Gasteiger partial charge in [-0.3, -0.25) is 9.59 Å². The molecule has 1 aromatic heterocycles. The molecule has 0 radical (unpaired) electrons. The van der Waals surface area contributed by atoms with E-state index in [-0.39, 0.29) is 23.9 Å². The van der Waals surface area contributed by atoms with Crippen LogP contribution in [0.25, 0.3) is 0 Å². The van der Waals surface area contributed by atoms with Crippen molar-refractivity contribution in [2.75, 3.05) is 6.54 Å².